The Bertz CT molecular complexity index is 1130. The fourth-order valence-corrected chi connectivity index (χ4v) is 4.52. The smallest absolute Gasteiger partial charge is 0.242 e. The highest BCUT2D eigenvalue weighted by atomic mass is 16.6. The predicted molar refractivity (Wildman–Crippen MR) is 128 cm³/mol. The van der Waals surface area contributed by atoms with Gasteiger partial charge in [0.15, 0.2) is 11.5 Å². The number of benzene rings is 1. The van der Waals surface area contributed by atoms with E-state index in [0.29, 0.717) is 25.7 Å². The van der Waals surface area contributed by atoms with Crippen molar-refractivity contribution < 1.29 is 14.3 Å². The quantitative estimate of drug-likeness (QED) is 0.602. The maximum absolute atomic E-state index is 13.3. The molecule has 9 heteroatoms. The zero-order valence-electron chi connectivity index (χ0n) is 19.4. The van der Waals surface area contributed by atoms with Crippen LogP contribution >= 0.6 is 0 Å². The number of amides is 1. The Hall–Kier alpha value is -3.62. The van der Waals surface area contributed by atoms with Gasteiger partial charge in [0.25, 0.3) is 0 Å². The topological polar surface area (TPSA) is 94.4 Å². The minimum Gasteiger partial charge on any atom is -0.486 e. The summed E-state index contributed by atoms with van der Waals surface area (Å²) in [5.41, 5.74) is 1.97. The van der Waals surface area contributed by atoms with E-state index in [2.05, 4.69) is 20.2 Å². The van der Waals surface area contributed by atoms with E-state index in [1.807, 2.05) is 37.4 Å². The predicted octanol–water partition coefficient (Wildman–Crippen LogP) is 2.85. The summed E-state index contributed by atoms with van der Waals surface area (Å²) in [6, 6.07) is 7.67. The van der Waals surface area contributed by atoms with E-state index in [4.69, 9.17) is 14.5 Å². The fraction of sp³-hybridized carbons (Fsp3) is 0.440. The fourth-order valence-electron chi connectivity index (χ4n) is 4.52. The van der Waals surface area contributed by atoms with E-state index >= 15 is 0 Å². The van der Waals surface area contributed by atoms with Crippen LogP contribution in [0.1, 0.15) is 36.9 Å². The summed E-state index contributed by atoms with van der Waals surface area (Å²) in [7, 11) is 0. The number of carbonyl (C=O) groups excluding carboxylic acids is 1. The van der Waals surface area contributed by atoms with E-state index < -0.39 is 0 Å². The lowest BCUT2D eigenvalue weighted by molar-refractivity contribution is -0.122. The number of imidazole rings is 1. The molecule has 5 rings (SSSR count). The zero-order valence-corrected chi connectivity index (χ0v) is 19.4. The van der Waals surface area contributed by atoms with Gasteiger partial charge < -0.3 is 19.7 Å². The third-order valence-corrected chi connectivity index (χ3v) is 6.23. The van der Waals surface area contributed by atoms with Gasteiger partial charge in [-0.15, -0.1) is 0 Å². The highest BCUT2D eigenvalue weighted by Crippen LogP contribution is 2.31. The van der Waals surface area contributed by atoms with Crippen molar-refractivity contribution in [2.45, 2.75) is 45.1 Å². The number of carbonyl (C=O) groups is 1. The van der Waals surface area contributed by atoms with Crippen LogP contribution in [0.3, 0.4) is 0 Å². The first-order chi connectivity index (χ1) is 16.7. The van der Waals surface area contributed by atoms with E-state index in [1.165, 1.54) is 0 Å². The average Bonchev–Trinajstić information content (AvgIpc) is 3.28. The van der Waals surface area contributed by atoms with Crippen LogP contribution in [0.5, 0.6) is 11.5 Å². The van der Waals surface area contributed by atoms with Crippen LogP contribution in [0.15, 0.2) is 43.0 Å². The Balaban J connectivity index is 1.28. The number of aromatic nitrogens is 4. The Morgan fingerprint density at radius 1 is 1.12 bits per heavy atom. The number of ether oxygens (including phenoxy) is 2. The number of aryl methyl sites for hydroxylation is 1. The molecule has 34 heavy (non-hydrogen) atoms. The van der Waals surface area contributed by atoms with Gasteiger partial charge >= 0.3 is 0 Å². The lowest BCUT2D eigenvalue weighted by atomic mass is 10.1. The molecule has 4 heterocycles. The van der Waals surface area contributed by atoms with Crippen molar-refractivity contribution in [1.29, 1.82) is 0 Å². The van der Waals surface area contributed by atoms with Crippen molar-refractivity contribution in [2.24, 2.45) is 0 Å². The molecule has 3 aromatic rings. The summed E-state index contributed by atoms with van der Waals surface area (Å²) in [5.74, 6) is 2.95. The molecule has 2 aliphatic heterocycles. The van der Waals surface area contributed by atoms with Gasteiger partial charge in [0.1, 0.15) is 31.4 Å². The standard InChI is InChI=1S/C25H30N6O3/c1-18-15-23(29-25(28-18)30-12-10-26-17-30)31-11-4-2-3-5-20(31)24(32)27-9-8-19-6-7-21-22(16-19)34-14-13-33-21/h6-7,10,12,15-17,20H,2-5,8-9,11,13-14H2,1H3,(H,27,32). The van der Waals surface area contributed by atoms with E-state index in [9.17, 15) is 4.79 Å². The molecule has 1 N–H and O–H groups in total. The van der Waals surface area contributed by atoms with Gasteiger partial charge in [0.2, 0.25) is 11.9 Å². The molecule has 2 aliphatic rings. The second-order valence-corrected chi connectivity index (χ2v) is 8.72. The Morgan fingerprint density at radius 3 is 2.85 bits per heavy atom. The van der Waals surface area contributed by atoms with Gasteiger partial charge in [-0.25, -0.2) is 9.97 Å². The SMILES string of the molecule is Cc1cc(N2CCCCCC2C(=O)NCCc2ccc3c(c2)OCCO3)nc(-n2ccnc2)n1. The van der Waals surface area contributed by atoms with Crippen molar-refractivity contribution in [3.63, 3.8) is 0 Å². The highest BCUT2D eigenvalue weighted by Gasteiger charge is 2.29. The monoisotopic (exact) mass is 462 g/mol. The lowest BCUT2D eigenvalue weighted by Gasteiger charge is -2.30. The van der Waals surface area contributed by atoms with Crippen molar-refractivity contribution in [2.75, 3.05) is 31.2 Å². The number of nitrogens with zero attached hydrogens (tertiary/aromatic N) is 5. The number of fused-ring (bicyclic) bond motifs is 1. The molecule has 1 unspecified atom stereocenters. The first-order valence-electron chi connectivity index (χ1n) is 11.9. The van der Waals surface area contributed by atoms with Crippen LogP contribution < -0.4 is 19.7 Å². The van der Waals surface area contributed by atoms with Crippen LogP contribution in [0.2, 0.25) is 0 Å². The molecule has 1 amide bonds. The summed E-state index contributed by atoms with van der Waals surface area (Å²) in [4.78, 5) is 28.9. The van der Waals surface area contributed by atoms with Gasteiger partial charge in [-0.1, -0.05) is 18.9 Å². The molecular formula is C25H30N6O3. The molecular weight excluding hydrogens is 432 g/mol. The molecule has 0 saturated carbocycles. The van der Waals surface area contributed by atoms with Gasteiger partial charge in [-0.2, -0.15) is 4.98 Å². The van der Waals surface area contributed by atoms with Crippen LogP contribution in [0.4, 0.5) is 5.82 Å². The first kappa shape index (κ1) is 22.2. The molecule has 1 saturated heterocycles. The number of hydrogen-bond acceptors (Lipinski definition) is 7. The molecule has 0 bridgehead atoms. The van der Waals surface area contributed by atoms with Crippen LogP contribution in [0, 0.1) is 6.92 Å². The summed E-state index contributed by atoms with van der Waals surface area (Å²) in [5, 5.41) is 3.15. The minimum atomic E-state index is -0.257. The zero-order chi connectivity index (χ0) is 23.3. The largest absolute Gasteiger partial charge is 0.486 e. The van der Waals surface area contributed by atoms with Gasteiger partial charge in [0, 0.05) is 37.2 Å². The van der Waals surface area contributed by atoms with Gasteiger partial charge in [-0.05, 0) is 43.9 Å². The second-order valence-electron chi connectivity index (χ2n) is 8.72. The van der Waals surface area contributed by atoms with E-state index in [0.717, 1.165) is 67.2 Å². The lowest BCUT2D eigenvalue weighted by Crippen LogP contribution is -2.47. The van der Waals surface area contributed by atoms with E-state index in [1.54, 1.807) is 17.1 Å². The maximum atomic E-state index is 13.3. The van der Waals surface area contributed by atoms with Crippen molar-refractivity contribution >= 4 is 11.7 Å². The number of rotatable bonds is 6. The highest BCUT2D eigenvalue weighted by molar-refractivity contribution is 5.85. The Morgan fingerprint density at radius 2 is 2.00 bits per heavy atom. The molecule has 0 aliphatic carbocycles. The van der Waals surface area contributed by atoms with Crippen molar-refractivity contribution in [3.8, 4) is 17.4 Å². The minimum absolute atomic E-state index is 0.0416. The third-order valence-electron chi connectivity index (χ3n) is 6.23. The molecule has 1 aromatic carbocycles. The summed E-state index contributed by atoms with van der Waals surface area (Å²) in [6.45, 7) is 4.45. The number of anilines is 1. The summed E-state index contributed by atoms with van der Waals surface area (Å²) < 4.78 is 13.1. The molecule has 9 nitrogen and oxygen atoms in total. The number of nitrogens with one attached hydrogen (secondary N) is 1. The second kappa shape index (κ2) is 10.1. The van der Waals surface area contributed by atoms with Gasteiger partial charge in [0.05, 0.1) is 0 Å². The average molecular weight is 463 g/mol. The van der Waals surface area contributed by atoms with Crippen molar-refractivity contribution in [3.05, 3.63) is 54.2 Å². The Kier molecular flexibility index (Phi) is 6.60. The molecule has 2 aromatic heterocycles. The molecule has 1 atom stereocenters. The number of hydrogen-bond donors (Lipinski definition) is 1. The molecule has 0 radical (unpaired) electrons. The van der Waals surface area contributed by atoms with Gasteiger partial charge in [-0.3, -0.25) is 9.36 Å². The Labute approximate surface area is 199 Å². The summed E-state index contributed by atoms with van der Waals surface area (Å²) in [6.07, 6.45) is 9.91. The maximum Gasteiger partial charge on any atom is 0.242 e. The van der Waals surface area contributed by atoms with Crippen molar-refractivity contribution in [1.82, 2.24) is 24.8 Å². The van der Waals surface area contributed by atoms with Crippen LogP contribution in [-0.2, 0) is 11.2 Å². The molecule has 0 spiro atoms. The first-order valence-corrected chi connectivity index (χ1v) is 11.9. The normalized spacial score (nSPS) is 17.8. The third kappa shape index (κ3) is 4.98. The summed E-state index contributed by atoms with van der Waals surface area (Å²) >= 11 is 0. The molecule has 178 valence electrons. The molecule has 1 fully saturated rings. The van der Waals surface area contributed by atoms with Crippen LogP contribution in [0.25, 0.3) is 5.95 Å². The van der Waals surface area contributed by atoms with Crippen LogP contribution in [-0.4, -0.2) is 57.8 Å². The van der Waals surface area contributed by atoms with E-state index in [-0.39, 0.29) is 11.9 Å².